The molecule has 13 heavy (non-hydrogen) atoms. The van der Waals surface area contributed by atoms with E-state index < -0.39 is 5.60 Å². The van der Waals surface area contributed by atoms with Crippen LogP contribution < -0.4 is 5.32 Å². The average Bonchev–Trinajstić information content (AvgIpc) is 2.44. The third kappa shape index (κ3) is 1.80. The molecule has 1 saturated carbocycles. The summed E-state index contributed by atoms with van der Waals surface area (Å²) in [7, 11) is 0. The van der Waals surface area contributed by atoms with Crippen molar-refractivity contribution in [1.29, 1.82) is 0 Å². The minimum Gasteiger partial charge on any atom is -0.388 e. The summed E-state index contributed by atoms with van der Waals surface area (Å²) in [5.74, 6) is 0.600. The molecular formula is C8H13N3O2. The van der Waals surface area contributed by atoms with Crippen molar-refractivity contribution in [1.82, 2.24) is 10.1 Å². The number of aryl methyl sites for hydroxylation is 1. The van der Waals surface area contributed by atoms with Crippen LogP contribution in [0.15, 0.2) is 4.52 Å². The smallest absolute Gasteiger partial charge is 0.321 e. The predicted octanol–water partition coefficient (Wildman–Crippen LogP) is 0.705. The summed E-state index contributed by atoms with van der Waals surface area (Å²) >= 11 is 0. The monoisotopic (exact) mass is 183 g/mol. The number of anilines is 1. The van der Waals surface area contributed by atoms with E-state index in [1.54, 1.807) is 6.92 Å². The van der Waals surface area contributed by atoms with Gasteiger partial charge < -0.3 is 14.9 Å². The van der Waals surface area contributed by atoms with Gasteiger partial charge in [-0.05, 0) is 26.2 Å². The predicted molar refractivity (Wildman–Crippen MR) is 46.3 cm³/mol. The van der Waals surface area contributed by atoms with Crippen LogP contribution in [0.1, 0.15) is 25.1 Å². The van der Waals surface area contributed by atoms with E-state index in [-0.39, 0.29) is 0 Å². The van der Waals surface area contributed by atoms with Crippen LogP contribution in [-0.2, 0) is 0 Å². The van der Waals surface area contributed by atoms with Gasteiger partial charge in [0, 0.05) is 6.54 Å². The van der Waals surface area contributed by atoms with E-state index in [9.17, 15) is 5.11 Å². The lowest BCUT2D eigenvalue weighted by molar-refractivity contribution is -0.0206. The van der Waals surface area contributed by atoms with Crippen LogP contribution in [-0.4, -0.2) is 27.4 Å². The molecule has 5 nitrogen and oxygen atoms in total. The molecule has 0 amide bonds. The standard InChI is InChI=1S/C8H13N3O2/c1-6-10-7(13-11-6)9-5-8(12)3-2-4-8/h12H,2-5H2,1H3,(H,9,10,11). The normalized spacial score (nSPS) is 19.5. The maximum absolute atomic E-state index is 9.73. The molecule has 1 aromatic heterocycles. The van der Waals surface area contributed by atoms with Crippen molar-refractivity contribution >= 4 is 6.01 Å². The SMILES string of the molecule is Cc1noc(NCC2(O)CCC2)n1. The highest BCUT2D eigenvalue weighted by Crippen LogP contribution is 2.31. The van der Waals surface area contributed by atoms with Crippen LogP contribution in [0.5, 0.6) is 0 Å². The molecule has 2 N–H and O–H groups in total. The summed E-state index contributed by atoms with van der Waals surface area (Å²) in [6, 6.07) is 0.387. The molecule has 0 atom stereocenters. The van der Waals surface area contributed by atoms with E-state index in [2.05, 4.69) is 15.5 Å². The zero-order chi connectivity index (χ0) is 9.31. The number of nitrogens with zero attached hydrogens (tertiary/aromatic N) is 2. The summed E-state index contributed by atoms with van der Waals surface area (Å²) in [5.41, 5.74) is -0.553. The molecule has 5 heteroatoms. The van der Waals surface area contributed by atoms with E-state index >= 15 is 0 Å². The minimum absolute atomic E-state index is 0.387. The first-order valence-electron chi connectivity index (χ1n) is 4.45. The molecule has 0 aromatic carbocycles. The Morgan fingerprint density at radius 3 is 2.85 bits per heavy atom. The molecule has 1 aliphatic carbocycles. The fourth-order valence-electron chi connectivity index (χ4n) is 1.37. The van der Waals surface area contributed by atoms with Gasteiger partial charge in [-0.3, -0.25) is 0 Å². The van der Waals surface area contributed by atoms with Gasteiger partial charge in [0.1, 0.15) is 0 Å². The van der Waals surface area contributed by atoms with E-state index in [4.69, 9.17) is 4.52 Å². The van der Waals surface area contributed by atoms with Crippen molar-refractivity contribution in [2.45, 2.75) is 31.8 Å². The lowest BCUT2D eigenvalue weighted by atomic mass is 9.80. The van der Waals surface area contributed by atoms with Crippen LogP contribution in [0.3, 0.4) is 0 Å². The first kappa shape index (κ1) is 8.50. The molecule has 0 bridgehead atoms. The first-order chi connectivity index (χ1) is 6.18. The van der Waals surface area contributed by atoms with Gasteiger partial charge in [-0.25, -0.2) is 0 Å². The van der Waals surface area contributed by atoms with Gasteiger partial charge in [-0.15, -0.1) is 0 Å². The van der Waals surface area contributed by atoms with Crippen LogP contribution in [0.4, 0.5) is 6.01 Å². The van der Waals surface area contributed by atoms with E-state index in [0.29, 0.717) is 18.4 Å². The van der Waals surface area contributed by atoms with Crippen molar-refractivity contribution < 1.29 is 9.63 Å². The maximum atomic E-state index is 9.73. The van der Waals surface area contributed by atoms with Gasteiger partial charge >= 0.3 is 6.01 Å². The Balaban J connectivity index is 1.85. The number of rotatable bonds is 3. The molecule has 0 radical (unpaired) electrons. The fourth-order valence-corrected chi connectivity index (χ4v) is 1.37. The Bertz CT molecular complexity index is 293. The average molecular weight is 183 g/mol. The second kappa shape index (κ2) is 2.99. The third-order valence-electron chi connectivity index (χ3n) is 2.38. The van der Waals surface area contributed by atoms with Crippen molar-refractivity contribution in [3.63, 3.8) is 0 Å². The molecular weight excluding hydrogens is 170 g/mol. The molecule has 2 rings (SSSR count). The Labute approximate surface area is 76.1 Å². The second-order valence-electron chi connectivity index (χ2n) is 3.58. The lowest BCUT2D eigenvalue weighted by Crippen LogP contribution is -2.43. The van der Waals surface area contributed by atoms with Crippen molar-refractivity contribution in [2.75, 3.05) is 11.9 Å². The molecule has 1 heterocycles. The highest BCUT2D eigenvalue weighted by atomic mass is 16.5. The van der Waals surface area contributed by atoms with Crippen molar-refractivity contribution in [3.8, 4) is 0 Å². The van der Waals surface area contributed by atoms with Crippen molar-refractivity contribution in [2.24, 2.45) is 0 Å². The Morgan fingerprint density at radius 1 is 1.62 bits per heavy atom. The lowest BCUT2D eigenvalue weighted by Gasteiger charge is -2.36. The van der Waals surface area contributed by atoms with E-state index in [0.717, 1.165) is 19.3 Å². The zero-order valence-electron chi connectivity index (χ0n) is 7.58. The van der Waals surface area contributed by atoms with E-state index in [1.807, 2.05) is 0 Å². The molecule has 72 valence electrons. The van der Waals surface area contributed by atoms with Crippen molar-refractivity contribution in [3.05, 3.63) is 5.82 Å². The molecule has 1 aliphatic rings. The van der Waals surface area contributed by atoms with E-state index in [1.165, 1.54) is 0 Å². The Morgan fingerprint density at radius 2 is 2.38 bits per heavy atom. The summed E-state index contributed by atoms with van der Waals surface area (Å²) in [6.07, 6.45) is 2.81. The van der Waals surface area contributed by atoms with Gasteiger partial charge in [0.15, 0.2) is 5.82 Å². The van der Waals surface area contributed by atoms with Crippen LogP contribution in [0, 0.1) is 6.92 Å². The molecule has 1 aromatic rings. The van der Waals surface area contributed by atoms with Gasteiger partial charge in [0.2, 0.25) is 0 Å². The second-order valence-corrected chi connectivity index (χ2v) is 3.58. The Hall–Kier alpha value is -1.10. The quantitative estimate of drug-likeness (QED) is 0.722. The van der Waals surface area contributed by atoms with Crippen LogP contribution in [0.2, 0.25) is 0 Å². The number of hydrogen-bond acceptors (Lipinski definition) is 5. The Kier molecular flexibility index (Phi) is 1.95. The summed E-state index contributed by atoms with van der Waals surface area (Å²) < 4.78 is 4.84. The molecule has 0 unspecified atom stereocenters. The summed E-state index contributed by atoms with van der Waals surface area (Å²) in [6.45, 7) is 2.25. The molecule has 1 fully saturated rings. The van der Waals surface area contributed by atoms with Gasteiger partial charge in [-0.1, -0.05) is 5.16 Å². The van der Waals surface area contributed by atoms with Gasteiger partial charge in [-0.2, -0.15) is 4.98 Å². The number of aliphatic hydroxyl groups is 1. The third-order valence-corrected chi connectivity index (χ3v) is 2.38. The molecule has 0 spiro atoms. The highest BCUT2D eigenvalue weighted by molar-refractivity contribution is 5.19. The number of hydrogen-bond donors (Lipinski definition) is 2. The number of nitrogens with one attached hydrogen (secondary N) is 1. The first-order valence-corrected chi connectivity index (χ1v) is 4.45. The topological polar surface area (TPSA) is 71.2 Å². The molecule has 0 saturated heterocycles. The van der Waals surface area contributed by atoms with Gasteiger partial charge in [0.05, 0.1) is 5.60 Å². The fraction of sp³-hybridized carbons (Fsp3) is 0.750. The van der Waals surface area contributed by atoms with Crippen LogP contribution >= 0.6 is 0 Å². The van der Waals surface area contributed by atoms with Gasteiger partial charge in [0.25, 0.3) is 0 Å². The summed E-state index contributed by atoms with van der Waals surface area (Å²) in [4.78, 5) is 3.97. The highest BCUT2D eigenvalue weighted by Gasteiger charge is 2.34. The summed E-state index contributed by atoms with van der Waals surface area (Å²) in [5, 5.41) is 16.3. The van der Waals surface area contributed by atoms with Crippen LogP contribution in [0.25, 0.3) is 0 Å². The zero-order valence-corrected chi connectivity index (χ0v) is 7.58. The largest absolute Gasteiger partial charge is 0.388 e. The maximum Gasteiger partial charge on any atom is 0.321 e. The minimum atomic E-state index is -0.553. The number of aromatic nitrogens is 2. The molecule has 0 aliphatic heterocycles.